The number of para-hydroxylation sites is 1. The van der Waals surface area contributed by atoms with Crippen LogP contribution in [0.1, 0.15) is 51.5 Å². The summed E-state index contributed by atoms with van der Waals surface area (Å²) in [6.07, 6.45) is 1.53. The molecule has 162 valence electrons. The van der Waals surface area contributed by atoms with E-state index in [0.29, 0.717) is 6.54 Å². The zero-order valence-electron chi connectivity index (χ0n) is 17.1. The number of hydrogen-bond donors (Lipinski definition) is 0. The van der Waals surface area contributed by atoms with Crippen LogP contribution in [0.2, 0.25) is 0 Å². The van der Waals surface area contributed by atoms with E-state index >= 15 is 0 Å². The Balaban J connectivity index is 1.44. The standard InChI is InChI=1S/C22H18N4O5S/c1-12(25-21(28)13-6-4-8-15(26(30)31)18(13)22(25)29)20(27)24-11-5-9-16(24)19-23-14-7-2-3-10-17(14)32-19/h2-4,6-8,10,12,16H,5,9,11H2,1H3. The molecule has 2 atom stereocenters. The van der Waals surface area contributed by atoms with Crippen molar-refractivity contribution in [2.24, 2.45) is 0 Å². The van der Waals surface area contributed by atoms with Gasteiger partial charge in [0.2, 0.25) is 5.91 Å². The van der Waals surface area contributed by atoms with E-state index in [1.54, 1.807) is 4.90 Å². The smallest absolute Gasteiger partial charge is 0.282 e. The number of thiazole rings is 1. The number of rotatable bonds is 4. The van der Waals surface area contributed by atoms with Gasteiger partial charge in [-0.3, -0.25) is 29.4 Å². The molecule has 0 bridgehead atoms. The zero-order valence-corrected chi connectivity index (χ0v) is 17.9. The van der Waals surface area contributed by atoms with E-state index in [2.05, 4.69) is 4.98 Å². The third-order valence-electron chi connectivity index (χ3n) is 6.00. The molecule has 10 heteroatoms. The van der Waals surface area contributed by atoms with Gasteiger partial charge in [-0.05, 0) is 38.0 Å². The number of nitro groups is 1. The first-order valence-electron chi connectivity index (χ1n) is 10.2. The molecule has 2 unspecified atom stereocenters. The van der Waals surface area contributed by atoms with Crippen LogP contribution in [0.25, 0.3) is 10.2 Å². The SMILES string of the molecule is CC(C(=O)N1CCCC1c1nc2ccccc2s1)N1C(=O)c2cccc([N+](=O)[O-])c2C1=O. The average Bonchev–Trinajstić information content (AvgIpc) is 3.49. The second-order valence-corrected chi connectivity index (χ2v) is 8.88. The summed E-state index contributed by atoms with van der Waals surface area (Å²) >= 11 is 1.53. The fourth-order valence-corrected chi connectivity index (χ4v) is 5.57. The maximum atomic E-state index is 13.4. The molecule has 3 amide bonds. The van der Waals surface area contributed by atoms with Gasteiger partial charge in [-0.15, -0.1) is 11.3 Å². The van der Waals surface area contributed by atoms with Crippen molar-refractivity contribution in [2.75, 3.05) is 6.54 Å². The van der Waals surface area contributed by atoms with Crippen molar-refractivity contribution in [3.8, 4) is 0 Å². The van der Waals surface area contributed by atoms with Crippen molar-refractivity contribution >= 4 is 45.0 Å². The predicted octanol–water partition coefficient (Wildman–Crippen LogP) is 3.55. The van der Waals surface area contributed by atoms with Crippen LogP contribution >= 0.6 is 11.3 Å². The normalized spacial score (nSPS) is 19.0. The lowest BCUT2D eigenvalue weighted by Crippen LogP contribution is -2.49. The lowest BCUT2D eigenvalue weighted by atomic mass is 10.1. The summed E-state index contributed by atoms with van der Waals surface area (Å²) in [5, 5.41) is 12.2. The Kier molecular flexibility index (Phi) is 4.74. The number of fused-ring (bicyclic) bond motifs is 2. The first-order chi connectivity index (χ1) is 15.4. The van der Waals surface area contributed by atoms with Crippen LogP contribution in [-0.2, 0) is 4.79 Å². The summed E-state index contributed by atoms with van der Waals surface area (Å²) in [5.41, 5.74) is 0.128. The Labute approximate surface area is 186 Å². The number of imide groups is 1. The number of aromatic nitrogens is 1. The Hall–Kier alpha value is -3.66. The zero-order chi connectivity index (χ0) is 22.6. The maximum absolute atomic E-state index is 13.4. The van der Waals surface area contributed by atoms with E-state index in [1.165, 1.54) is 36.5 Å². The van der Waals surface area contributed by atoms with E-state index in [1.807, 2.05) is 24.3 Å². The fraction of sp³-hybridized carbons (Fsp3) is 0.273. The first kappa shape index (κ1) is 20.3. The third kappa shape index (κ3) is 2.98. The Morgan fingerprint density at radius 3 is 2.72 bits per heavy atom. The van der Waals surface area contributed by atoms with Crippen LogP contribution in [0, 0.1) is 10.1 Å². The van der Waals surface area contributed by atoms with Crippen LogP contribution in [0.4, 0.5) is 5.69 Å². The topological polar surface area (TPSA) is 114 Å². The van der Waals surface area contributed by atoms with Gasteiger partial charge in [-0.1, -0.05) is 18.2 Å². The summed E-state index contributed by atoms with van der Waals surface area (Å²) in [6, 6.07) is 10.4. The third-order valence-corrected chi connectivity index (χ3v) is 7.13. The lowest BCUT2D eigenvalue weighted by molar-refractivity contribution is -0.385. The quantitative estimate of drug-likeness (QED) is 0.341. The van der Waals surface area contributed by atoms with Crippen LogP contribution in [0.15, 0.2) is 42.5 Å². The number of carbonyl (C=O) groups excluding carboxylic acids is 3. The fourth-order valence-electron chi connectivity index (χ4n) is 4.46. The Morgan fingerprint density at radius 2 is 1.97 bits per heavy atom. The van der Waals surface area contributed by atoms with Gasteiger partial charge in [0, 0.05) is 12.6 Å². The molecule has 0 spiro atoms. The van der Waals surface area contributed by atoms with Crippen molar-refractivity contribution in [1.29, 1.82) is 0 Å². The number of nitro benzene ring substituents is 1. The predicted molar refractivity (Wildman–Crippen MR) is 116 cm³/mol. The monoisotopic (exact) mass is 450 g/mol. The minimum Gasteiger partial charge on any atom is -0.331 e. The van der Waals surface area contributed by atoms with E-state index < -0.39 is 28.5 Å². The van der Waals surface area contributed by atoms with Gasteiger partial charge < -0.3 is 4.90 Å². The van der Waals surface area contributed by atoms with Crippen molar-refractivity contribution in [3.63, 3.8) is 0 Å². The van der Waals surface area contributed by atoms with Gasteiger partial charge in [-0.2, -0.15) is 0 Å². The van der Waals surface area contributed by atoms with E-state index in [0.717, 1.165) is 33.0 Å². The number of likely N-dealkylation sites (tertiary alicyclic amines) is 1. The number of hydrogen-bond acceptors (Lipinski definition) is 7. The average molecular weight is 450 g/mol. The number of amides is 3. The van der Waals surface area contributed by atoms with Crippen LogP contribution in [-0.4, -0.2) is 50.0 Å². The summed E-state index contributed by atoms with van der Waals surface area (Å²) in [6.45, 7) is 1.98. The molecule has 9 nitrogen and oxygen atoms in total. The second kappa shape index (κ2) is 7.49. The summed E-state index contributed by atoms with van der Waals surface area (Å²) < 4.78 is 1.03. The molecule has 3 heterocycles. The molecule has 1 saturated heterocycles. The highest BCUT2D eigenvalue weighted by atomic mass is 32.1. The molecule has 2 aliphatic heterocycles. The molecule has 0 N–H and O–H groups in total. The van der Waals surface area contributed by atoms with E-state index in [-0.39, 0.29) is 23.1 Å². The minimum atomic E-state index is -1.09. The molecule has 2 aromatic carbocycles. The van der Waals surface area contributed by atoms with Crippen molar-refractivity contribution in [1.82, 2.24) is 14.8 Å². The Bertz CT molecular complexity index is 1270. The molecule has 3 aromatic rings. The minimum absolute atomic E-state index is 0.0482. The highest BCUT2D eigenvalue weighted by Gasteiger charge is 2.47. The van der Waals surface area contributed by atoms with Crippen LogP contribution < -0.4 is 0 Å². The summed E-state index contributed by atoms with van der Waals surface area (Å²) in [7, 11) is 0. The molecular formula is C22H18N4O5S. The van der Waals surface area contributed by atoms with Crippen molar-refractivity contribution < 1.29 is 19.3 Å². The highest BCUT2D eigenvalue weighted by Crippen LogP contribution is 2.38. The van der Waals surface area contributed by atoms with Crippen LogP contribution in [0.3, 0.4) is 0 Å². The molecule has 32 heavy (non-hydrogen) atoms. The molecule has 0 aliphatic carbocycles. The molecule has 5 rings (SSSR count). The van der Waals surface area contributed by atoms with Crippen LogP contribution in [0.5, 0.6) is 0 Å². The largest absolute Gasteiger partial charge is 0.331 e. The molecule has 1 fully saturated rings. The van der Waals surface area contributed by atoms with Crippen molar-refractivity contribution in [2.45, 2.75) is 31.8 Å². The molecule has 2 aliphatic rings. The number of nitrogens with zero attached hydrogens (tertiary/aromatic N) is 4. The second-order valence-electron chi connectivity index (χ2n) is 7.82. The van der Waals surface area contributed by atoms with E-state index in [9.17, 15) is 24.5 Å². The lowest BCUT2D eigenvalue weighted by Gasteiger charge is -2.29. The van der Waals surface area contributed by atoms with Gasteiger partial charge in [0.25, 0.3) is 17.5 Å². The Morgan fingerprint density at radius 1 is 1.19 bits per heavy atom. The van der Waals surface area contributed by atoms with Crippen molar-refractivity contribution in [3.05, 3.63) is 68.7 Å². The number of carbonyl (C=O) groups is 3. The van der Waals surface area contributed by atoms with Gasteiger partial charge in [0.15, 0.2) is 0 Å². The first-order valence-corrected chi connectivity index (χ1v) is 11.0. The molecule has 1 aromatic heterocycles. The summed E-state index contributed by atoms with van der Waals surface area (Å²) in [4.78, 5) is 57.2. The van der Waals surface area contributed by atoms with Gasteiger partial charge >= 0.3 is 0 Å². The number of benzene rings is 2. The molecule has 0 radical (unpaired) electrons. The van der Waals surface area contributed by atoms with Gasteiger partial charge in [0.1, 0.15) is 16.6 Å². The maximum Gasteiger partial charge on any atom is 0.282 e. The molecule has 0 saturated carbocycles. The van der Waals surface area contributed by atoms with E-state index in [4.69, 9.17) is 0 Å². The van der Waals surface area contributed by atoms with Gasteiger partial charge in [0.05, 0.1) is 26.7 Å². The van der Waals surface area contributed by atoms with Gasteiger partial charge in [-0.25, -0.2) is 4.98 Å². The molecular weight excluding hydrogens is 432 g/mol. The summed E-state index contributed by atoms with van der Waals surface area (Å²) in [5.74, 6) is -1.87. The highest BCUT2D eigenvalue weighted by molar-refractivity contribution is 7.18.